The number of aromatic nitrogens is 2. The molecule has 21 heavy (non-hydrogen) atoms. The van der Waals surface area contributed by atoms with E-state index in [1.165, 1.54) is 0 Å². The number of benzene rings is 2. The van der Waals surface area contributed by atoms with Crippen LogP contribution in [0.25, 0.3) is 16.6 Å². The molecule has 0 atom stereocenters. The van der Waals surface area contributed by atoms with Crippen molar-refractivity contribution in [2.24, 2.45) is 0 Å². The average Bonchev–Trinajstić information content (AvgIpc) is 2.41. The highest BCUT2D eigenvalue weighted by Gasteiger charge is 2.12. The van der Waals surface area contributed by atoms with Gasteiger partial charge in [0.15, 0.2) is 4.77 Å². The van der Waals surface area contributed by atoms with E-state index in [-0.39, 0.29) is 5.56 Å². The van der Waals surface area contributed by atoms with Crippen molar-refractivity contribution in [3.8, 4) is 5.69 Å². The lowest BCUT2D eigenvalue weighted by atomic mass is 10.1. The average molecular weight is 361 g/mol. The largest absolute Gasteiger partial charge is 0.331 e. The first kappa shape index (κ1) is 14.2. The molecule has 1 aromatic heterocycles. The summed E-state index contributed by atoms with van der Waals surface area (Å²) in [5, 5.41) is 0.623. The Hall–Kier alpha value is -1.72. The second-order valence-electron chi connectivity index (χ2n) is 5.03. The Bertz CT molecular complexity index is 949. The number of rotatable bonds is 1. The summed E-state index contributed by atoms with van der Waals surface area (Å²) in [5.41, 5.74) is 3.56. The molecule has 0 amide bonds. The van der Waals surface area contributed by atoms with Crippen LogP contribution >= 0.6 is 28.1 Å². The maximum Gasteiger partial charge on any atom is 0.266 e. The molecule has 5 heteroatoms. The Balaban J connectivity index is 2.47. The first-order valence-electron chi connectivity index (χ1n) is 6.50. The molecule has 3 aromatic rings. The van der Waals surface area contributed by atoms with Gasteiger partial charge in [-0.2, -0.15) is 0 Å². The first-order valence-corrected chi connectivity index (χ1v) is 7.70. The van der Waals surface area contributed by atoms with Gasteiger partial charge in [-0.25, -0.2) is 0 Å². The minimum atomic E-state index is -0.109. The Morgan fingerprint density at radius 1 is 1.19 bits per heavy atom. The molecule has 0 saturated carbocycles. The van der Waals surface area contributed by atoms with Crippen molar-refractivity contribution in [2.45, 2.75) is 13.8 Å². The monoisotopic (exact) mass is 360 g/mol. The van der Waals surface area contributed by atoms with Crippen LogP contribution in [0.5, 0.6) is 0 Å². The minimum Gasteiger partial charge on any atom is -0.331 e. The molecular formula is C16H13BrN2OS. The third kappa shape index (κ3) is 2.36. The minimum absolute atomic E-state index is 0.109. The van der Waals surface area contributed by atoms with Crippen molar-refractivity contribution in [1.82, 2.24) is 9.55 Å². The fraction of sp³-hybridized carbons (Fsp3) is 0.125. The topological polar surface area (TPSA) is 37.8 Å². The lowest BCUT2D eigenvalue weighted by molar-refractivity contribution is 0.924. The predicted molar refractivity (Wildman–Crippen MR) is 91.9 cm³/mol. The maximum absolute atomic E-state index is 12.8. The lowest BCUT2D eigenvalue weighted by Crippen LogP contribution is -2.21. The molecule has 0 fully saturated rings. The third-order valence-corrected chi connectivity index (χ3v) is 4.32. The van der Waals surface area contributed by atoms with Gasteiger partial charge in [0.05, 0.1) is 16.6 Å². The van der Waals surface area contributed by atoms with Gasteiger partial charge in [0.2, 0.25) is 0 Å². The van der Waals surface area contributed by atoms with Gasteiger partial charge in [-0.1, -0.05) is 18.2 Å². The van der Waals surface area contributed by atoms with Crippen LogP contribution in [0.15, 0.2) is 45.7 Å². The number of fused-ring (bicyclic) bond motifs is 1. The molecule has 0 saturated heterocycles. The van der Waals surface area contributed by atoms with E-state index in [4.69, 9.17) is 12.2 Å². The van der Waals surface area contributed by atoms with Crippen LogP contribution in [0.2, 0.25) is 0 Å². The van der Waals surface area contributed by atoms with Crippen molar-refractivity contribution in [3.05, 3.63) is 67.1 Å². The van der Waals surface area contributed by atoms with Crippen LogP contribution in [-0.2, 0) is 0 Å². The molecule has 0 radical (unpaired) electrons. The van der Waals surface area contributed by atoms with Crippen LogP contribution in [0.4, 0.5) is 0 Å². The van der Waals surface area contributed by atoms with Crippen molar-refractivity contribution < 1.29 is 0 Å². The van der Waals surface area contributed by atoms with Gasteiger partial charge < -0.3 is 4.98 Å². The molecule has 106 valence electrons. The van der Waals surface area contributed by atoms with Crippen molar-refractivity contribution in [1.29, 1.82) is 0 Å². The number of H-pyrrole nitrogens is 1. The fourth-order valence-electron chi connectivity index (χ4n) is 2.56. The molecule has 0 bridgehead atoms. The third-order valence-electron chi connectivity index (χ3n) is 3.43. The van der Waals surface area contributed by atoms with E-state index in [2.05, 4.69) is 20.9 Å². The number of nitrogens with zero attached hydrogens (tertiary/aromatic N) is 1. The smallest absolute Gasteiger partial charge is 0.266 e. The highest BCUT2D eigenvalue weighted by Crippen LogP contribution is 2.26. The molecule has 2 aromatic carbocycles. The van der Waals surface area contributed by atoms with Crippen LogP contribution < -0.4 is 5.56 Å². The van der Waals surface area contributed by atoms with E-state index in [1.54, 1.807) is 10.6 Å². The van der Waals surface area contributed by atoms with Crippen LogP contribution in [0, 0.1) is 18.6 Å². The zero-order chi connectivity index (χ0) is 15.1. The summed E-state index contributed by atoms with van der Waals surface area (Å²) in [7, 11) is 0. The summed E-state index contributed by atoms with van der Waals surface area (Å²) >= 11 is 8.93. The zero-order valence-electron chi connectivity index (χ0n) is 11.6. The molecule has 0 aliphatic rings. The highest BCUT2D eigenvalue weighted by molar-refractivity contribution is 9.10. The van der Waals surface area contributed by atoms with Gasteiger partial charge >= 0.3 is 0 Å². The van der Waals surface area contributed by atoms with Gasteiger partial charge in [-0.3, -0.25) is 9.36 Å². The van der Waals surface area contributed by atoms with E-state index in [0.717, 1.165) is 26.8 Å². The van der Waals surface area contributed by atoms with E-state index < -0.39 is 0 Å². The summed E-state index contributed by atoms with van der Waals surface area (Å²) in [6.07, 6.45) is 0. The van der Waals surface area contributed by atoms with E-state index in [9.17, 15) is 4.79 Å². The van der Waals surface area contributed by atoms with Gasteiger partial charge in [0.1, 0.15) is 0 Å². The van der Waals surface area contributed by atoms with E-state index in [1.807, 2.05) is 44.2 Å². The van der Waals surface area contributed by atoms with Crippen LogP contribution in [0.1, 0.15) is 11.1 Å². The van der Waals surface area contributed by atoms with E-state index in [0.29, 0.717) is 10.2 Å². The SMILES string of the molecule is Cc1cc(C)c(-n2c(=S)[nH]c3ccccc3c2=O)c(Br)c1. The van der Waals surface area contributed by atoms with E-state index >= 15 is 0 Å². The predicted octanol–water partition coefficient (Wildman–Crippen LogP) is 4.43. The number of hydrogen-bond donors (Lipinski definition) is 1. The summed E-state index contributed by atoms with van der Waals surface area (Å²) < 4.78 is 2.81. The summed E-state index contributed by atoms with van der Waals surface area (Å²) in [6, 6.07) is 11.4. The summed E-state index contributed by atoms with van der Waals surface area (Å²) in [5.74, 6) is 0. The van der Waals surface area contributed by atoms with Gasteiger partial charge in [0, 0.05) is 4.47 Å². The molecule has 3 rings (SSSR count). The second kappa shape index (κ2) is 5.24. The number of hydrogen-bond acceptors (Lipinski definition) is 2. The second-order valence-corrected chi connectivity index (χ2v) is 6.27. The summed E-state index contributed by atoms with van der Waals surface area (Å²) in [4.78, 5) is 15.9. The molecular weight excluding hydrogens is 348 g/mol. The number of halogens is 1. The lowest BCUT2D eigenvalue weighted by Gasteiger charge is -2.13. The van der Waals surface area contributed by atoms with Crippen molar-refractivity contribution in [2.75, 3.05) is 0 Å². The quantitative estimate of drug-likeness (QED) is 0.652. The Morgan fingerprint density at radius 3 is 2.62 bits per heavy atom. The fourth-order valence-corrected chi connectivity index (χ4v) is 3.69. The van der Waals surface area contributed by atoms with Gasteiger partial charge in [-0.05, 0) is 71.3 Å². The molecule has 3 nitrogen and oxygen atoms in total. The molecule has 0 spiro atoms. The highest BCUT2D eigenvalue weighted by atomic mass is 79.9. The number of aromatic amines is 1. The Kier molecular flexibility index (Phi) is 3.55. The van der Waals surface area contributed by atoms with Crippen LogP contribution in [0.3, 0.4) is 0 Å². The van der Waals surface area contributed by atoms with Gasteiger partial charge in [0.25, 0.3) is 5.56 Å². The summed E-state index contributed by atoms with van der Waals surface area (Å²) in [6.45, 7) is 3.99. The standard InChI is InChI=1S/C16H13BrN2OS/c1-9-7-10(2)14(12(17)8-9)19-15(20)11-5-3-4-6-13(11)18-16(19)21/h3-8H,1-2H3,(H,18,21). The molecule has 0 aliphatic heterocycles. The maximum atomic E-state index is 12.8. The molecule has 1 heterocycles. The molecule has 0 unspecified atom stereocenters. The first-order chi connectivity index (χ1) is 9.99. The number of para-hydroxylation sites is 1. The Labute approximate surface area is 135 Å². The Morgan fingerprint density at radius 2 is 1.90 bits per heavy atom. The van der Waals surface area contributed by atoms with Crippen molar-refractivity contribution in [3.63, 3.8) is 0 Å². The van der Waals surface area contributed by atoms with Gasteiger partial charge in [-0.15, -0.1) is 0 Å². The number of aryl methyl sites for hydroxylation is 2. The number of nitrogens with one attached hydrogen (secondary N) is 1. The van der Waals surface area contributed by atoms with Crippen molar-refractivity contribution >= 4 is 39.1 Å². The van der Waals surface area contributed by atoms with Crippen LogP contribution in [-0.4, -0.2) is 9.55 Å². The molecule has 0 aliphatic carbocycles. The normalized spacial score (nSPS) is 11.0. The zero-order valence-corrected chi connectivity index (χ0v) is 14.0. The molecule has 1 N–H and O–H groups in total.